The Labute approximate surface area is 120 Å². The molecule has 1 aromatic carbocycles. The normalized spacial score (nSPS) is 9.90. The first-order valence-corrected chi connectivity index (χ1v) is 6.60. The Bertz CT molecular complexity index is 503. The average molecular weight is 298 g/mol. The summed E-state index contributed by atoms with van der Waals surface area (Å²) in [6.45, 7) is -0.101. The zero-order valence-corrected chi connectivity index (χ0v) is 11.9. The molecule has 1 amide bonds. The highest BCUT2D eigenvalue weighted by Crippen LogP contribution is 2.21. The van der Waals surface area contributed by atoms with Gasteiger partial charge in [-0.1, -0.05) is 0 Å². The largest absolute Gasteiger partial charge is 0.468 e. The first-order valence-electron chi connectivity index (χ1n) is 5.62. The van der Waals surface area contributed by atoms with Gasteiger partial charge < -0.3 is 9.64 Å². The topological polar surface area (TPSA) is 89.8 Å². The summed E-state index contributed by atoms with van der Waals surface area (Å²) in [7, 11) is 2.77. The molecule has 0 spiro atoms. The Hall–Kier alpha value is -2.09. The molecule has 108 valence electrons. The lowest BCUT2D eigenvalue weighted by molar-refractivity contribution is -0.384. The highest BCUT2D eigenvalue weighted by atomic mass is 32.2. The van der Waals surface area contributed by atoms with Gasteiger partial charge >= 0.3 is 5.97 Å². The zero-order chi connectivity index (χ0) is 15.1. The van der Waals surface area contributed by atoms with E-state index < -0.39 is 10.9 Å². The molecule has 7 nitrogen and oxygen atoms in total. The van der Waals surface area contributed by atoms with E-state index in [0.29, 0.717) is 0 Å². The van der Waals surface area contributed by atoms with Crippen molar-refractivity contribution in [2.24, 2.45) is 0 Å². The molecule has 0 aromatic heterocycles. The molecule has 1 rings (SSSR count). The minimum Gasteiger partial charge on any atom is -0.468 e. The monoisotopic (exact) mass is 298 g/mol. The molecule has 0 fully saturated rings. The van der Waals surface area contributed by atoms with Crippen molar-refractivity contribution in [3.63, 3.8) is 0 Å². The molecule has 1 aromatic rings. The summed E-state index contributed by atoms with van der Waals surface area (Å²) >= 11 is 1.25. The lowest BCUT2D eigenvalue weighted by atomic mass is 10.3. The molecule has 0 heterocycles. The van der Waals surface area contributed by atoms with E-state index in [9.17, 15) is 19.7 Å². The highest BCUT2D eigenvalue weighted by Gasteiger charge is 2.13. The van der Waals surface area contributed by atoms with Gasteiger partial charge in [0.05, 0.1) is 17.8 Å². The molecular weight excluding hydrogens is 284 g/mol. The molecular formula is C12H14N2O5S. The van der Waals surface area contributed by atoms with E-state index in [1.165, 1.54) is 43.0 Å². The van der Waals surface area contributed by atoms with Gasteiger partial charge in [-0.25, -0.2) is 0 Å². The second kappa shape index (κ2) is 7.49. The van der Waals surface area contributed by atoms with Crippen molar-refractivity contribution in [3.8, 4) is 0 Å². The van der Waals surface area contributed by atoms with Gasteiger partial charge in [0.15, 0.2) is 0 Å². The predicted molar refractivity (Wildman–Crippen MR) is 73.5 cm³/mol. The number of carbonyl (C=O) groups is 2. The Morgan fingerprint density at radius 2 is 1.95 bits per heavy atom. The fourth-order valence-electron chi connectivity index (χ4n) is 1.27. The number of methoxy groups -OCH3 is 1. The quantitative estimate of drug-likeness (QED) is 0.340. The van der Waals surface area contributed by atoms with Crippen LogP contribution in [0.15, 0.2) is 29.2 Å². The third-order valence-corrected chi connectivity index (χ3v) is 3.43. The maximum atomic E-state index is 11.7. The molecule has 0 saturated heterocycles. The number of likely N-dealkylation sites (N-methyl/N-ethyl adjacent to an activating group) is 1. The molecule has 0 radical (unpaired) electrons. The van der Waals surface area contributed by atoms with E-state index in [1.54, 1.807) is 12.1 Å². The number of ether oxygens (including phenoxy) is 1. The van der Waals surface area contributed by atoms with Crippen LogP contribution in [0.3, 0.4) is 0 Å². The van der Waals surface area contributed by atoms with Gasteiger partial charge in [0.1, 0.15) is 6.54 Å². The van der Waals surface area contributed by atoms with Gasteiger partial charge in [-0.05, 0) is 12.1 Å². The number of thioether (sulfide) groups is 1. The van der Waals surface area contributed by atoms with E-state index in [0.717, 1.165) is 4.90 Å². The van der Waals surface area contributed by atoms with Crippen LogP contribution in [0, 0.1) is 10.1 Å². The molecule has 0 bridgehead atoms. The number of benzene rings is 1. The summed E-state index contributed by atoms with van der Waals surface area (Å²) in [4.78, 5) is 34.8. The maximum Gasteiger partial charge on any atom is 0.325 e. The van der Waals surface area contributed by atoms with Gasteiger partial charge in [-0.15, -0.1) is 11.8 Å². The van der Waals surface area contributed by atoms with Gasteiger partial charge in [0.2, 0.25) is 5.91 Å². The van der Waals surface area contributed by atoms with E-state index in [1.807, 2.05) is 0 Å². The second-order valence-electron chi connectivity index (χ2n) is 3.87. The number of nitrogens with zero attached hydrogens (tertiary/aromatic N) is 2. The van der Waals surface area contributed by atoms with E-state index in [2.05, 4.69) is 4.74 Å². The SMILES string of the molecule is COC(=O)CN(C)C(=O)CSc1ccc([N+](=O)[O-])cc1. The molecule has 0 atom stereocenters. The summed E-state index contributed by atoms with van der Waals surface area (Å²) in [6.07, 6.45) is 0. The van der Waals surface area contributed by atoms with E-state index in [4.69, 9.17) is 0 Å². The smallest absolute Gasteiger partial charge is 0.325 e. The van der Waals surface area contributed by atoms with Crippen LogP contribution in [0.1, 0.15) is 0 Å². The number of nitro groups is 1. The summed E-state index contributed by atoms with van der Waals surface area (Å²) < 4.78 is 4.47. The van der Waals surface area contributed by atoms with Crippen molar-refractivity contribution in [1.29, 1.82) is 0 Å². The first kappa shape index (κ1) is 16.0. The van der Waals surface area contributed by atoms with Gasteiger partial charge in [-0.2, -0.15) is 0 Å². The predicted octanol–water partition coefficient (Wildman–Crippen LogP) is 1.32. The fourth-order valence-corrected chi connectivity index (χ4v) is 2.10. The van der Waals surface area contributed by atoms with Crippen LogP contribution in [0.5, 0.6) is 0 Å². The van der Waals surface area contributed by atoms with E-state index in [-0.39, 0.29) is 23.9 Å². The number of non-ortho nitro benzene ring substituents is 1. The average Bonchev–Trinajstić information content (AvgIpc) is 2.44. The number of esters is 1. The van der Waals surface area contributed by atoms with E-state index >= 15 is 0 Å². The number of amides is 1. The third kappa shape index (κ3) is 4.88. The Balaban J connectivity index is 2.48. The Morgan fingerprint density at radius 3 is 2.45 bits per heavy atom. The van der Waals surface area contributed by atoms with Crippen LogP contribution < -0.4 is 0 Å². The molecule has 0 N–H and O–H groups in total. The lowest BCUT2D eigenvalue weighted by Crippen LogP contribution is -2.33. The van der Waals surface area contributed by atoms with Crippen LogP contribution in [0.4, 0.5) is 5.69 Å². The Kier molecular flexibility index (Phi) is 5.98. The van der Waals surface area contributed by atoms with Crippen LogP contribution >= 0.6 is 11.8 Å². The van der Waals surface area contributed by atoms with Crippen molar-refractivity contribution in [3.05, 3.63) is 34.4 Å². The number of hydrogen-bond acceptors (Lipinski definition) is 6. The molecule has 20 heavy (non-hydrogen) atoms. The number of rotatable bonds is 6. The number of nitro benzene ring substituents is 1. The Morgan fingerprint density at radius 1 is 1.35 bits per heavy atom. The van der Waals surface area contributed by atoms with Crippen molar-refractivity contribution in [2.45, 2.75) is 4.90 Å². The van der Waals surface area contributed by atoms with Gasteiger partial charge in [0, 0.05) is 24.1 Å². The third-order valence-electron chi connectivity index (χ3n) is 2.43. The first-order chi connectivity index (χ1) is 9.43. The minimum absolute atomic E-state index is 0.00323. The lowest BCUT2D eigenvalue weighted by Gasteiger charge is -2.15. The number of carbonyl (C=O) groups excluding carboxylic acids is 2. The minimum atomic E-state index is -0.485. The molecule has 0 aliphatic heterocycles. The second-order valence-corrected chi connectivity index (χ2v) is 4.91. The number of hydrogen-bond donors (Lipinski definition) is 0. The standard InChI is InChI=1S/C12H14N2O5S/c1-13(7-12(16)19-2)11(15)8-20-10-5-3-9(4-6-10)14(17)18/h3-6H,7-8H2,1-2H3. The summed E-state index contributed by atoms with van der Waals surface area (Å²) in [5, 5.41) is 10.5. The fraction of sp³-hybridized carbons (Fsp3) is 0.333. The van der Waals surface area contributed by atoms with Crippen LogP contribution in [0.2, 0.25) is 0 Å². The maximum absolute atomic E-state index is 11.7. The van der Waals surface area contributed by atoms with Crippen molar-refractivity contribution < 1.29 is 19.2 Å². The van der Waals surface area contributed by atoms with Crippen LogP contribution in [-0.4, -0.2) is 48.2 Å². The van der Waals surface area contributed by atoms with Gasteiger partial charge in [0.25, 0.3) is 5.69 Å². The molecule has 0 unspecified atom stereocenters. The van der Waals surface area contributed by atoms with Gasteiger partial charge in [-0.3, -0.25) is 19.7 Å². The zero-order valence-electron chi connectivity index (χ0n) is 11.1. The molecule has 0 aliphatic carbocycles. The molecule has 8 heteroatoms. The van der Waals surface area contributed by atoms with Crippen molar-refractivity contribution in [1.82, 2.24) is 4.90 Å². The summed E-state index contributed by atoms with van der Waals surface area (Å²) in [5.41, 5.74) is 0.00323. The molecule has 0 aliphatic rings. The summed E-state index contributed by atoms with van der Waals surface area (Å²) in [5.74, 6) is -0.564. The van der Waals surface area contributed by atoms with Crippen LogP contribution in [-0.2, 0) is 14.3 Å². The van der Waals surface area contributed by atoms with Crippen molar-refractivity contribution >= 4 is 29.3 Å². The highest BCUT2D eigenvalue weighted by molar-refractivity contribution is 8.00. The summed E-state index contributed by atoms with van der Waals surface area (Å²) in [6, 6.07) is 5.92. The molecule has 0 saturated carbocycles. The van der Waals surface area contributed by atoms with Crippen LogP contribution in [0.25, 0.3) is 0 Å². The van der Waals surface area contributed by atoms with Crippen molar-refractivity contribution in [2.75, 3.05) is 26.5 Å².